The van der Waals surface area contributed by atoms with Crippen molar-refractivity contribution in [3.05, 3.63) is 29.8 Å². The lowest BCUT2D eigenvalue weighted by Crippen LogP contribution is -2.61. The Bertz CT molecular complexity index is 887. The van der Waals surface area contributed by atoms with Gasteiger partial charge < -0.3 is 28.4 Å². The Balaban J connectivity index is 2.11. The molecule has 0 aliphatic carbocycles. The first kappa shape index (κ1) is 29.4. The third kappa shape index (κ3) is 9.69. The van der Waals surface area contributed by atoms with Gasteiger partial charge in [-0.1, -0.05) is 12.1 Å². The van der Waals surface area contributed by atoms with Gasteiger partial charge >= 0.3 is 23.9 Å². The van der Waals surface area contributed by atoms with Gasteiger partial charge in [-0.2, -0.15) is 0 Å². The second-order valence-electron chi connectivity index (χ2n) is 8.24. The molecule has 1 saturated heterocycles. The summed E-state index contributed by atoms with van der Waals surface area (Å²) >= 11 is 1.39. The van der Waals surface area contributed by atoms with Crippen LogP contribution in [0.1, 0.15) is 46.1 Å². The van der Waals surface area contributed by atoms with Crippen LogP contribution < -0.4 is 4.74 Å². The number of esters is 4. The molecule has 1 aromatic carbocycles. The molecule has 1 heterocycles. The van der Waals surface area contributed by atoms with Crippen LogP contribution >= 0.6 is 11.8 Å². The van der Waals surface area contributed by atoms with Crippen LogP contribution in [0.5, 0.6) is 5.75 Å². The number of carbonyl (C=O) groups is 4. The Morgan fingerprint density at radius 2 is 1.39 bits per heavy atom. The van der Waals surface area contributed by atoms with Crippen molar-refractivity contribution in [2.75, 3.05) is 19.5 Å². The summed E-state index contributed by atoms with van der Waals surface area (Å²) in [5.74, 6) is -0.993. The monoisotopic (exact) mass is 526 g/mol. The van der Waals surface area contributed by atoms with E-state index in [1.54, 1.807) is 7.11 Å². The van der Waals surface area contributed by atoms with Gasteiger partial charge in [0.2, 0.25) is 0 Å². The first-order valence-corrected chi connectivity index (χ1v) is 12.7. The molecule has 0 radical (unpaired) electrons. The summed E-state index contributed by atoms with van der Waals surface area (Å²) in [6.45, 7) is 4.63. The molecule has 0 N–H and O–H groups in total. The fraction of sp³-hybridized carbons (Fsp3) is 0.600. The predicted molar refractivity (Wildman–Crippen MR) is 130 cm³/mol. The van der Waals surface area contributed by atoms with Crippen LogP contribution in [0.2, 0.25) is 0 Å². The van der Waals surface area contributed by atoms with Gasteiger partial charge in [-0.3, -0.25) is 19.2 Å². The van der Waals surface area contributed by atoms with E-state index in [0.29, 0.717) is 5.75 Å². The first-order chi connectivity index (χ1) is 17.1. The average Bonchev–Trinajstić information content (AvgIpc) is 2.80. The topological polar surface area (TPSA) is 124 Å². The highest BCUT2D eigenvalue weighted by Gasteiger charge is 2.52. The van der Waals surface area contributed by atoms with Gasteiger partial charge in [0.15, 0.2) is 18.3 Å². The molecule has 200 valence electrons. The molecule has 36 heavy (non-hydrogen) atoms. The zero-order valence-electron chi connectivity index (χ0n) is 21.2. The maximum absolute atomic E-state index is 11.9. The van der Waals surface area contributed by atoms with E-state index in [2.05, 4.69) is 0 Å². The van der Waals surface area contributed by atoms with E-state index in [1.165, 1.54) is 45.0 Å². The lowest BCUT2D eigenvalue weighted by Gasteiger charge is -2.44. The first-order valence-electron chi connectivity index (χ1n) is 11.7. The van der Waals surface area contributed by atoms with Gasteiger partial charge in [-0.15, -0.1) is 11.8 Å². The summed E-state index contributed by atoms with van der Waals surface area (Å²) in [6.07, 6.45) is -1.61. The van der Waals surface area contributed by atoms with Crippen molar-refractivity contribution in [2.24, 2.45) is 0 Å². The average molecular weight is 527 g/mol. The standard InChI is InChI=1S/C25H34O10S/c1-15(26)31-14-21-22(32-16(2)27)23(33-17(3)28)24(34-18(4)29)25(35-21)36-13-7-6-8-19-9-11-20(30-5)12-10-19/h9-12,21-25H,6-8,13-14H2,1-5H3/t21-,22-,23+,24-,25+/m1/s1. The Hall–Kier alpha value is -2.79. The van der Waals surface area contributed by atoms with Crippen LogP contribution in [-0.4, -0.2) is 73.2 Å². The van der Waals surface area contributed by atoms with Gasteiger partial charge in [0, 0.05) is 27.7 Å². The number of rotatable bonds is 12. The quantitative estimate of drug-likeness (QED) is 0.227. The highest BCUT2D eigenvalue weighted by atomic mass is 32.2. The molecule has 0 aromatic heterocycles. The molecule has 11 heteroatoms. The number of carbonyl (C=O) groups excluding carboxylic acids is 4. The van der Waals surface area contributed by atoms with Crippen molar-refractivity contribution in [1.29, 1.82) is 0 Å². The van der Waals surface area contributed by atoms with Gasteiger partial charge in [-0.05, 0) is 42.7 Å². The predicted octanol–water partition coefficient (Wildman–Crippen LogP) is 2.83. The number of thioether (sulfide) groups is 1. The van der Waals surface area contributed by atoms with Crippen molar-refractivity contribution >= 4 is 35.6 Å². The van der Waals surface area contributed by atoms with Crippen LogP contribution in [0.15, 0.2) is 24.3 Å². The summed E-state index contributed by atoms with van der Waals surface area (Å²) in [5.41, 5.74) is 0.444. The van der Waals surface area contributed by atoms with E-state index in [9.17, 15) is 19.2 Å². The number of hydrogen-bond acceptors (Lipinski definition) is 11. The summed E-state index contributed by atoms with van der Waals surface area (Å²) < 4.78 is 32.7. The molecule has 1 aromatic rings. The van der Waals surface area contributed by atoms with Crippen molar-refractivity contribution < 1.29 is 47.6 Å². The number of benzene rings is 1. The molecule has 1 aliphatic rings. The SMILES string of the molecule is COc1ccc(CCCCS[C@@H]2O[C@H](COC(C)=O)[C@@H](OC(C)=O)[C@H](OC(C)=O)[C@H]2OC(C)=O)cc1. The minimum atomic E-state index is -1.14. The maximum Gasteiger partial charge on any atom is 0.303 e. The zero-order chi connectivity index (χ0) is 26.7. The van der Waals surface area contributed by atoms with E-state index in [-0.39, 0.29) is 6.61 Å². The fourth-order valence-corrected chi connectivity index (χ4v) is 4.97. The van der Waals surface area contributed by atoms with Crippen molar-refractivity contribution in [1.82, 2.24) is 0 Å². The van der Waals surface area contributed by atoms with Crippen molar-refractivity contribution in [2.45, 2.75) is 76.8 Å². The van der Waals surface area contributed by atoms with Crippen LogP contribution in [0, 0.1) is 0 Å². The zero-order valence-corrected chi connectivity index (χ0v) is 22.0. The number of methoxy groups -OCH3 is 1. The maximum atomic E-state index is 11.9. The molecule has 5 atom stereocenters. The fourth-order valence-electron chi connectivity index (χ4n) is 3.75. The Morgan fingerprint density at radius 3 is 1.94 bits per heavy atom. The Labute approximate surface area is 215 Å². The lowest BCUT2D eigenvalue weighted by atomic mass is 9.99. The summed E-state index contributed by atoms with van der Waals surface area (Å²) in [5, 5.41) is 0. The molecule has 2 rings (SSSR count). The number of ether oxygens (including phenoxy) is 6. The van der Waals surface area contributed by atoms with E-state index >= 15 is 0 Å². The second kappa shape index (κ2) is 14.7. The van der Waals surface area contributed by atoms with Crippen LogP contribution in [-0.2, 0) is 49.3 Å². The molecule has 10 nitrogen and oxygen atoms in total. The Kier molecular flexibility index (Phi) is 12.0. The van der Waals surface area contributed by atoms with Gasteiger partial charge in [-0.25, -0.2) is 0 Å². The van der Waals surface area contributed by atoms with E-state index in [1.807, 2.05) is 24.3 Å². The van der Waals surface area contributed by atoms with Crippen molar-refractivity contribution in [3.63, 3.8) is 0 Å². The highest BCUT2D eigenvalue weighted by Crippen LogP contribution is 2.34. The molecular weight excluding hydrogens is 492 g/mol. The van der Waals surface area contributed by atoms with Crippen molar-refractivity contribution in [3.8, 4) is 5.75 Å². The molecule has 1 fully saturated rings. The third-order valence-corrected chi connectivity index (χ3v) is 6.48. The van der Waals surface area contributed by atoms with E-state index in [4.69, 9.17) is 28.4 Å². The molecule has 0 unspecified atom stereocenters. The molecule has 1 aliphatic heterocycles. The summed E-state index contributed by atoms with van der Waals surface area (Å²) in [7, 11) is 1.62. The van der Waals surface area contributed by atoms with Crippen LogP contribution in [0.4, 0.5) is 0 Å². The van der Waals surface area contributed by atoms with Gasteiger partial charge in [0.05, 0.1) is 7.11 Å². The number of unbranched alkanes of at least 4 members (excludes halogenated alkanes) is 1. The Morgan fingerprint density at radius 1 is 0.806 bits per heavy atom. The molecule has 0 spiro atoms. The number of aryl methyl sites for hydroxylation is 1. The largest absolute Gasteiger partial charge is 0.497 e. The number of hydrogen-bond donors (Lipinski definition) is 0. The molecule has 0 bridgehead atoms. The van der Waals surface area contributed by atoms with E-state index < -0.39 is 53.7 Å². The van der Waals surface area contributed by atoms with Gasteiger partial charge in [0.25, 0.3) is 0 Å². The normalized spacial score (nSPS) is 23.3. The van der Waals surface area contributed by atoms with Crippen LogP contribution in [0.3, 0.4) is 0 Å². The second-order valence-corrected chi connectivity index (χ2v) is 9.45. The lowest BCUT2D eigenvalue weighted by molar-refractivity contribution is -0.237. The highest BCUT2D eigenvalue weighted by molar-refractivity contribution is 7.99. The molecule has 0 amide bonds. The minimum Gasteiger partial charge on any atom is -0.497 e. The molecular formula is C25H34O10S. The smallest absolute Gasteiger partial charge is 0.303 e. The molecule has 0 saturated carbocycles. The summed E-state index contributed by atoms with van der Waals surface area (Å²) in [6, 6.07) is 7.88. The van der Waals surface area contributed by atoms with E-state index in [0.717, 1.165) is 25.0 Å². The van der Waals surface area contributed by atoms with Crippen LogP contribution in [0.25, 0.3) is 0 Å². The summed E-state index contributed by atoms with van der Waals surface area (Å²) in [4.78, 5) is 47.0. The minimum absolute atomic E-state index is 0.230. The van der Waals surface area contributed by atoms with Gasteiger partial charge in [0.1, 0.15) is 23.9 Å². The third-order valence-electron chi connectivity index (χ3n) is 5.25.